The van der Waals surface area contributed by atoms with Gasteiger partial charge in [0.1, 0.15) is 5.75 Å². The molecule has 3 aliphatic rings. The SMILES string of the molecule is CNc1nnc(-c2ccccc2O)cc1N1CCN(C2CCN(CCN3CCNCC3)CC2)C[C@@H]1C. The number of benzene rings is 1. The second kappa shape index (κ2) is 11.7. The summed E-state index contributed by atoms with van der Waals surface area (Å²) in [6, 6.07) is 10.4. The monoisotopic (exact) mass is 494 g/mol. The third-order valence-corrected chi connectivity index (χ3v) is 8.17. The highest BCUT2D eigenvalue weighted by molar-refractivity contribution is 5.75. The second-order valence-corrected chi connectivity index (χ2v) is 10.4. The molecule has 3 aliphatic heterocycles. The Morgan fingerprint density at radius 3 is 2.39 bits per heavy atom. The lowest BCUT2D eigenvalue weighted by Crippen LogP contribution is -2.57. The lowest BCUT2D eigenvalue weighted by atomic mass is 10.0. The minimum absolute atomic E-state index is 0.229. The number of hydrogen-bond acceptors (Lipinski definition) is 9. The van der Waals surface area contributed by atoms with Crippen LogP contribution in [0, 0.1) is 0 Å². The zero-order valence-corrected chi connectivity index (χ0v) is 21.9. The first-order valence-electron chi connectivity index (χ1n) is 13.6. The molecule has 1 aromatic heterocycles. The Hall–Kier alpha value is -2.46. The maximum absolute atomic E-state index is 10.3. The molecule has 0 bridgehead atoms. The molecular weight excluding hydrogens is 452 g/mol. The highest BCUT2D eigenvalue weighted by Crippen LogP contribution is 2.34. The van der Waals surface area contributed by atoms with E-state index in [9.17, 15) is 5.11 Å². The van der Waals surface area contributed by atoms with Crippen molar-refractivity contribution in [1.82, 2.24) is 30.2 Å². The summed E-state index contributed by atoms with van der Waals surface area (Å²) in [5.74, 6) is 1.01. The smallest absolute Gasteiger partial charge is 0.172 e. The predicted molar refractivity (Wildman–Crippen MR) is 146 cm³/mol. The maximum atomic E-state index is 10.3. The molecule has 0 radical (unpaired) electrons. The lowest BCUT2D eigenvalue weighted by Gasteiger charge is -2.46. The van der Waals surface area contributed by atoms with Crippen molar-refractivity contribution in [3.63, 3.8) is 0 Å². The Morgan fingerprint density at radius 1 is 0.972 bits per heavy atom. The predicted octanol–water partition coefficient (Wildman–Crippen LogP) is 1.77. The topological polar surface area (TPSA) is 83.0 Å². The van der Waals surface area contributed by atoms with Crippen LogP contribution in [0.1, 0.15) is 19.8 Å². The van der Waals surface area contributed by atoms with Gasteiger partial charge in [-0.1, -0.05) is 12.1 Å². The summed E-state index contributed by atoms with van der Waals surface area (Å²) in [5, 5.41) is 25.8. The number of piperidine rings is 1. The van der Waals surface area contributed by atoms with Crippen LogP contribution in [0.15, 0.2) is 30.3 Å². The van der Waals surface area contributed by atoms with Crippen LogP contribution in [0.3, 0.4) is 0 Å². The van der Waals surface area contributed by atoms with E-state index < -0.39 is 0 Å². The molecule has 9 heteroatoms. The molecule has 1 aromatic carbocycles. The third-order valence-electron chi connectivity index (χ3n) is 8.17. The van der Waals surface area contributed by atoms with Gasteiger partial charge in [-0.2, -0.15) is 0 Å². The van der Waals surface area contributed by atoms with E-state index in [0.29, 0.717) is 23.3 Å². The van der Waals surface area contributed by atoms with Crippen molar-refractivity contribution in [2.45, 2.75) is 31.8 Å². The van der Waals surface area contributed by atoms with Crippen LogP contribution in [0.4, 0.5) is 11.5 Å². The van der Waals surface area contributed by atoms with Crippen molar-refractivity contribution in [1.29, 1.82) is 0 Å². The van der Waals surface area contributed by atoms with Gasteiger partial charge in [-0.25, -0.2) is 0 Å². The fourth-order valence-electron chi connectivity index (χ4n) is 6.00. The molecule has 3 fully saturated rings. The average Bonchev–Trinajstić information content (AvgIpc) is 2.93. The van der Waals surface area contributed by atoms with Crippen molar-refractivity contribution in [3.05, 3.63) is 30.3 Å². The molecule has 0 saturated carbocycles. The molecule has 0 amide bonds. The Bertz CT molecular complexity index is 989. The minimum Gasteiger partial charge on any atom is -0.507 e. The summed E-state index contributed by atoms with van der Waals surface area (Å²) < 4.78 is 0. The van der Waals surface area contributed by atoms with Gasteiger partial charge in [-0.3, -0.25) is 9.80 Å². The van der Waals surface area contributed by atoms with Crippen molar-refractivity contribution in [2.24, 2.45) is 0 Å². The molecule has 0 aliphatic carbocycles. The van der Waals surface area contributed by atoms with Gasteiger partial charge in [0.15, 0.2) is 5.82 Å². The highest BCUT2D eigenvalue weighted by atomic mass is 16.3. The molecule has 3 N–H and O–H groups in total. The molecule has 3 saturated heterocycles. The largest absolute Gasteiger partial charge is 0.507 e. The number of rotatable bonds is 7. The van der Waals surface area contributed by atoms with Gasteiger partial charge >= 0.3 is 0 Å². The van der Waals surface area contributed by atoms with Crippen LogP contribution in [0.2, 0.25) is 0 Å². The summed E-state index contributed by atoms with van der Waals surface area (Å²) in [5.41, 5.74) is 2.47. The van der Waals surface area contributed by atoms with Gasteiger partial charge in [0.05, 0.1) is 11.4 Å². The number of nitrogens with one attached hydrogen (secondary N) is 2. The van der Waals surface area contributed by atoms with Gasteiger partial charge in [0, 0.05) is 83.6 Å². The summed E-state index contributed by atoms with van der Waals surface area (Å²) in [7, 11) is 1.89. The van der Waals surface area contributed by atoms with Gasteiger partial charge in [-0.05, 0) is 51.1 Å². The zero-order valence-electron chi connectivity index (χ0n) is 21.9. The molecule has 4 heterocycles. The number of piperazine rings is 2. The number of aromatic nitrogens is 2. The second-order valence-electron chi connectivity index (χ2n) is 10.4. The number of anilines is 2. The Labute approximate surface area is 215 Å². The van der Waals surface area contributed by atoms with Crippen LogP contribution in [0.5, 0.6) is 5.75 Å². The number of aromatic hydroxyl groups is 1. The number of nitrogens with zero attached hydrogens (tertiary/aromatic N) is 6. The number of phenolic OH excluding ortho intramolecular Hbond substituents is 1. The summed E-state index contributed by atoms with van der Waals surface area (Å²) in [6.07, 6.45) is 2.54. The van der Waals surface area contributed by atoms with Crippen LogP contribution >= 0.6 is 0 Å². The van der Waals surface area contributed by atoms with Crippen molar-refractivity contribution >= 4 is 11.5 Å². The van der Waals surface area contributed by atoms with Crippen molar-refractivity contribution in [3.8, 4) is 17.0 Å². The van der Waals surface area contributed by atoms with Crippen molar-refractivity contribution < 1.29 is 5.11 Å². The Morgan fingerprint density at radius 2 is 1.69 bits per heavy atom. The molecule has 9 nitrogen and oxygen atoms in total. The Kier molecular flexibility index (Phi) is 8.21. The normalized spacial score (nSPS) is 23.2. The lowest BCUT2D eigenvalue weighted by molar-refractivity contribution is 0.0866. The van der Waals surface area contributed by atoms with Gasteiger partial charge < -0.3 is 25.5 Å². The first kappa shape index (κ1) is 25.2. The fourth-order valence-corrected chi connectivity index (χ4v) is 6.00. The van der Waals surface area contributed by atoms with Gasteiger partial charge in [0.2, 0.25) is 0 Å². The van der Waals surface area contributed by atoms with Crippen LogP contribution in [-0.2, 0) is 0 Å². The van der Waals surface area contributed by atoms with E-state index in [4.69, 9.17) is 0 Å². The molecule has 1 atom stereocenters. The Balaban J connectivity index is 1.17. The molecule has 5 rings (SSSR count). The third kappa shape index (κ3) is 5.75. The fraction of sp³-hybridized carbons (Fsp3) is 0.630. The van der Waals surface area contributed by atoms with E-state index in [2.05, 4.69) is 53.4 Å². The van der Waals surface area contributed by atoms with E-state index in [0.717, 1.165) is 44.2 Å². The summed E-state index contributed by atoms with van der Waals surface area (Å²) >= 11 is 0. The van der Waals surface area contributed by atoms with Crippen molar-refractivity contribution in [2.75, 3.05) is 89.3 Å². The summed E-state index contributed by atoms with van der Waals surface area (Å²) in [4.78, 5) is 10.4. The van der Waals surface area contributed by atoms with Gasteiger partial charge in [0.25, 0.3) is 0 Å². The minimum atomic E-state index is 0.229. The number of likely N-dealkylation sites (tertiary alicyclic amines) is 1. The molecule has 0 unspecified atom stereocenters. The number of hydrogen-bond donors (Lipinski definition) is 3. The van der Waals surface area contributed by atoms with Gasteiger partial charge in [-0.15, -0.1) is 10.2 Å². The molecule has 196 valence electrons. The standard InChI is InChI=1S/C27H42N8O/c1-21-20-34(22-7-11-32(12-8-22)15-16-33-13-9-29-10-14-33)17-18-35(21)25-19-24(30-31-27(25)28-2)23-5-3-4-6-26(23)36/h3-6,19,21-22,29,36H,7-18,20H2,1-2H3,(H,28,31)/t21-/m0/s1. The van der Waals surface area contributed by atoms with E-state index >= 15 is 0 Å². The first-order valence-corrected chi connectivity index (χ1v) is 13.6. The summed E-state index contributed by atoms with van der Waals surface area (Å²) in [6.45, 7) is 14.9. The van der Waals surface area contributed by atoms with E-state index in [1.807, 2.05) is 25.2 Å². The number of para-hydroxylation sites is 1. The van der Waals surface area contributed by atoms with Crippen LogP contribution < -0.4 is 15.5 Å². The number of phenols is 1. The zero-order chi connectivity index (χ0) is 24.9. The highest BCUT2D eigenvalue weighted by Gasteiger charge is 2.32. The molecule has 0 spiro atoms. The maximum Gasteiger partial charge on any atom is 0.172 e. The van der Waals surface area contributed by atoms with E-state index in [-0.39, 0.29) is 5.75 Å². The first-order chi connectivity index (χ1) is 17.6. The average molecular weight is 495 g/mol. The van der Waals surface area contributed by atoms with E-state index in [1.54, 1.807) is 6.07 Å². The van der Waals surface area contributed by atoms with Crippen LogP contribution in [-0.4, -0.2) is 121 Å². The van der Waals surface area contributed by atoms with Crippen LogP contribution in [0.25, 0.3) is 11.3 Å². The quantitative estimate of drug-likeness (QED) is 0.533. The molecular formula is C27H42N8O. The van der Waals surface area contributed by atoms with E-state index in [1.165, 1.54) is 52.1 Å². The molecule has 2 aromatic rings. The molecule has 36 heavy (non-hydrogen) atoms.